The van der Waals surface area contributed by atoms with Gasteiger partial charge in [-0.15, -0.1) is 0 Å². The van der Waals surface area contributed by atoms with E-state index in [1.54, 1.807) is 0 Å². The molecule has 0 saturated heterocycles. The number of pyridine rings is 1. The Morgan fingerprint density at radius 1 is 1.58 bits per heavy atom. The number of nitrogens with one attached hydrogen (secondary N) is 1. The van der Waals surface area contributed by atoms with Crippen LogP contribution in [-0.2, 0) is 14.8 Å². The molecule has 0 unspecified atom stereocenters. The molecule has 1 aromatic heterocycles. The number of hydrogen-bond acceptors (Lipinski definition) is 6. The number of sulfonamides is 1. The summed E-state index contributed by atoms with van der Waals surface area (Å²) < 4.78 is 30.7. The first kappa shape index (κ1) is 16.1. The first-order chi connectivity index (χ1) is 8.93. The standard InChI is InChI=1S/C10H17ClN4O3S/c1-3-18-5-4-15(2)19(16,17)8-6-9(11)10(14-12)13-7-8/h6-7H,3-5,12H2,1-2H3,(H,13,14). The van der Waals surface area contributed by atoms with Gasteiger partial charge in [0.25, 0.3) is 0 Å². The molecule has 0 aliphatic heterocycles. The van der Waals surface area contributed by atoms with Gasteiger partial charge < -0.3 is 10.2 Å². The molecule has 0 saturated carbocycles. The number of nitrogen functional groups attached to an aromatic ring is 1. The maximum atomic E-state index is 12.2. The van der Waals surface area contributed by atoms with Crippen LogP contribution in [0.2, 0.25) is 5.02 Å². The molecule has 0 fully saturated rings. The van der Waals surface area contributed by atoms with Crippen LogP contribution in [0.4, 0.5) is 5.82 Å². The molecule has 1 aromatic rings. The van der Waals surface area contributed by atoms with E-state index >= 15 is 0 Å². The highest BCUT2D eigenvalue weighted by molar-refractivity contribution is 7.89. The maximum absolute atomic E-state index is 12.2. The topological polar surface area (TPSA) is 97.5 Å². The quantitative estimate of drug-likeness (QED) is 0.437. The van der Waals surface area contributed by atoms with Crippen LogP contribution in [0.3, 0.4) is 0 Å². The third-order valence-electron chi connectivity index (χ3n) is 2.42. The van der Waals surface area contributed by atoms with Crippen molar-refractivity contribution < 1.29 is 13.2 Å². The van der Waals surface area contributed by atoms with Gasteiger partial charge in [-0.2, -0.15) is 4.31 Å². The average molecular weight is 309 g/mol. The summed E-state index contributed by atoms with van der Waals surface area (Å²) in [6.07, 6.45) is 1.20. The highest BCUT2D eigenvalue weighted by Crippen LogP contribution is 2.23. The number of halogens is 1. The van der Waals surface area contributed by atoms with Crippen LogP contribution >= 0.6 is 11.6 Å². The van der Waals surface area contributed by atoms with Crippen LogP contribution in [0, 0.1) is 0 Å². The van der Waals surface area contributed by atoms with Gasteiger partial charge in [0.15, 0.2) is 5.82 Å². The molecule has 0 spiro atoms. The van der Waals surface area contributed by atoms with Crippen molar-refractivity contribution in [3.63, 3.8) is 0 Å². The predicted octanol–water partition coefficient (Wildman–Crippen LogP) is 0.678. The van der Waals surface area contributed by atoms with Crippen LogP contribution in [0.25, 0.3) is 0 Å². The van der Waals surface area contributed by atoms with E-state index in [4.69, 9.17) is 22.2 Å². The number of aromatic nitrogens is 1. The number of anilines is 1. The Hall–Kier alpha value is -0.930. The Kier molecular flexibility index (Phi) is 5.95. The van der Waals surface area contributed by atoms with E-state index in [0.29, 0.717) is 13.2 Å². The molecule has 1 heterocycles. The highest BCUT2D eigenvalue weighted by Gasteiger charge is 2.22. The number of nitrogens with zero attached hydrogens (tertiary/aromatic N) is 2. The van der Waals surface area contributed by atoms with E-state index in [1.807, 2.05) is 6.92 Å². The van der Waals surface area contributed by atoms with Crippen molar-refractivity contribution in [1.82, 2.24) is 9.29 Å². The lowest BCUT2D eigenvalue weighted by molar-refractivity contribution is 0.138. The summed E-state index contributed by atoms with van der Waals surface area (Å²) in [5.74, 6) is 5.40. The first-order valence-corrected chi connectivity index (χ1v) is 7.41. The summed E-state index contributed by atoms with van der Waals surface area (Å²) in [4.78, 5) is 3.85. The average Bonchev–Trinajstić information content (AvgIpc) is 2.38. The molecule has 0 aliphatic carbocycles. The lowest BCUT2D eigenvalue weighted by atomic mass is 10.5. The van der Waals surface area contributed by atoms with E-state index in [-0.39, 0.29) is 22.3 Å². The SMILES string of the molecule is CCOCCN(C)S(=O)(=O)c1cnc(NN)c(Cl)c1. The molecule has 7 nitrogen and oxygen atoms in total. The minimum absolute atomic E-state index is 0.00972. The summed E-state index contributed by atoms with van der Waals surface area (Å²) >= 11 is 5.85. The van der Waals surface area contributed by atoms with Crippen molar-refractivity contribution >= 4 is 27.4 Å². The molecular formula is C10H17ClN4O3S. The molecule has 0 amide bonds. The lowest BCUT2D eigenvalue weighted by Crippen LogP contribution is -2.30. The third-order valence-corrected chi connectivity index (χ3v) is 4.53. The van der Waals surface area contributed by atoms with Crippen LogP contribution < -0.4 is 11.3 Å². The lowest BCUT2D eigenvalue weighted by Gasteiger charge is -2.17. The molecule has 0 aliphatic rings. The Morgan fingerprint density at radius 2 is 2.26 bits per heavy atom. The Labute approximate surface area is 117 Å². The molecule has 19 heavy (non-hydrogen) atoms. The van der Waals surface area contributed by atoms with Gasteiger partial charge in [0, 0.05) is 26.4 Å². The fourth-order valence-corrected chi connectivity index (χ4v) is 2.72. The van der Waals surface area contributed by atoms with Crippen molar-refractivity contribution in [3.8, 4) is 0 Å². The zero-order chi connectivity index (χ0) is 14.5. The zero-order valence-corrected chi connectivity index (χ0v) is 12.3. The van der Waals surface area contributed by atoms with Gasteiger partial charge in [0.05, 0.1) is 11.6 Å². The second kappa shape index (κ2) is 7.01. The van der Waals surface area contributed by atoms with Crippen LogP contribution in [0.15, 0.2) is 17.2 Å². The molecule has 3 N–H and O–H groups in total. The summed E-state index contributed by atoms with van der Waals surface area (Å²) in [5, 5.41) is 0.141. The van der Waals surface area contributed by atoms with Crippen molar-refractivity contribution in [2.24, 2.45) is 5.84 Å². The van der Waals surface area contributed by atoms with Crippen molar-refractivity contribution in [2.75, 3.05) is 32.2 Å². The number of hydrazine groups is 1. The molecule has 0 aromatic carbocycles. The van der Waals surface area contributed by atoms with Crippen LogP contribution in [0.5, 0.6) is 0 Å². The summed E-state index contributed by atoms with van der Waals surface area (Å²) in [6, 6.07) is 1.30. The molecule has 9 heteroatoms. The molecule has 1 rings (SSSR count). The van der Waals surface area contributed by atoms with Crippen LogP contribution in [0.1, 0.15) is 6.92 Å². The van der Waals surface area contributed by atoms with Gasteiger partial charge in [-0.25, -0.2) is 19.2 Å². The fraction of sp³-hybridized carbons (Fsp3) is 0.500. The Bertz CT molecular complexity index is 524. The summed E-state index contributed by atoms with van der Waals surface area (Å²) in [7, 11) is -2.16. The predicted molar refractivity (Wildman–Crippen MR) is 73.4 cm³/mol. The maximum Gasteiger partial charge on any atom is 0.244 e. The molecule has 0 atom stereocenters. The molecule has 0 radical (unpaired) electrons. The Balaban J connectivity index is 2.90. The largest absolute Gasteiger partial charge is 0.380 e. The number of ether oxygens (including phenoxy) is 1. The number of hydrogen-bond donors (Lipinski definition) is 2. The van der Waals surface area contributed by atoms with Gasteiger partial charge >= 0.3 is 0 Å². The van der Waals surface area contributed by atoms with Crippen molar-refractivity contribution in [2.45, 2.75) is 11.8 Å². The van der Waals surface area contributed by atoms with E-state index < -0.39 is 10.0 Å². The van der Waals surface area contributed by atoms with Crippen molar-refractivity contribution in [3.05, 3.63) is 17.3 Å². The second-order valence-corrected chi connectivity index (χ2v) is 6.12. The minimum atomic E-state index is -3.63. The normalized spacial score (nSPS) is 11.8. The first-order valence-electron chi connectivity index (χ1n) is 5.59. The van der Waals surface area contributed by atoms with Crippen molar-refractivity contribution in [1.29, 1.82) is 0 Å². The summed E-state index contributed by atoms with van der Waals surface area (Å²) in [5.41, 5.74) is 2.27. The van der Waals surface area contributed by atoms with E-state index in [9.17, 15) is 8.42 Å². The number of nitrogens with two attached hydrogens (primary N) is 1. The van der Waals surface area contributed by atoms with E-state index in [0.717, 1.165) is 0 Å². The second-order valence-electron chi connectivity index (χ2n) is 3.67. The molecule has 108 valence electrons. The Morgan fingerprint density at radius 3 is 2.79 bits per heavy atom. The van der Waals surface area contributed by atoms with Gasteiger partial charge in [-0.05, 0) is 13.0 Å². The third kappa shape index (κ3) is 4.02. The van der Waals surface area contributed by atoms with Gasteiger partial charge in [0.2, 0.25) is 10.0 Å². The van der Waals surface area contributed by atoms with Gasteiger partial charge in [-0.1, -0.05) is 11.6 Å². The van der Waals surface area contributed by atoms with E-state index in [1.165, 1.54) is 23.6 Å². The number of rotatable bonds is 7. The minimum Gasteiger partial charge on any atom is -0.380 e. The van der Waals surface area contributed by atoms with Gasteiger partial charge in [0.1, 0.15) is 4.90 Å². The highest BCUT2D eigenvalue weighted by atomic mass is 35.5. The smallest absolute Gasteiger partial charge is 0.244 e. The molecule has 0 bridgehead atoms. The monoisotopic (exact) mass is 308 g/mol. The van der Waals surface area contributed by atoms with Crippen LogP contribution in [-0.4, -0.2) is 44.5 Å². The molecular weight excluding hydrogens is 292 g/mol. The zero-order valence-electron chi connectivity index (χ0n) is 10.8. The van der Waals surface area contributed by atoms with E-state index in [2.05, 4.69) is 10.4 Å². The number of likely N-dealkylation sites (N-methyl/N-ethyl adjacent to an activating group) is 1. The summed E-state index contributed by atoms with van der Waals surface area (Å²) in [6.45, 7) is 2.97. The fourth-order valence-electron chi connectivity index (χ4n) is 1.31. The van der Waals surface area contributed by atoms with Gasteiger partial charge in [-0.3, -0.25) is 0 Å².